The summed E-state index contributed by atoms with van der Waals surface area (Å²) in [5.41, 5.74) is 2.00. The molecule has 0 aliphatic carbocycles. The van der Waals surface area contributed by atoms with Gasteiger partial charge in [-0.3, -0.25) is 4.98 Å². The van der Waals surface area contributed by atoms with Crippen LogP contribution in [0, 0.1) is 11.2 Å². The first-order chi connectivity index (χ1) is 12.9. The summed E-state index contributed by atoms with van der Waals surface area (Å²) < 4.78 is 13.2. The van der Waals surface area contributed by atoms with Crippen molar-refractivity contribution >= 4 is 6.03 Å². The van der Waals surface area contributed by atoms with Crippen molar-refractivity contribution in [3.8, 4) is 0 Å². The van der Waals surface area contributed by atoms with Gasteiger partial charge in [0.2, 0.25) is 0 Å². The van der Waals surface area contributed by atoms with Gasteiger partial charge in [-0.2, -0.15) is 0 Å². The zero-order chi connectivity index (χ0) is 19.3. The lowest BCUT2D eigenvalue weighted by Crippen LogP contribution is -2.44. The second-order valence-electron chi connectivity index (χ2n) is 7.80. The summed E-state index contributed by atoms with van der Waals surface area (Å²) in [5, 5.41) is 3.11. The number of nitrogens with one attached hydrogen (secondary N) is 1. The number of nitrogens with zero attached hydrogens (tertiary/aromatic N) is 3. The maximum absolute atomic E-state index is 13.2. The average Bonchev–Trinajstić information content (AvgIpc) is 3.01. The van der Waals surface area contributed by atoms with Crippen LogP contribution in [0.5, 0.6) is 0 Å². The summed E-state index contributed by atoms with van der Waals surface area (Å²) in [7, 11) is 2.11. The third-order valence-corrected chi connectivity index (χ3v) is 5.11. The zero-order valence-electron chi connectivity index (χ0n) is 16.0. The Labute approximate surface area is 160 Å². The first kappa shape index (κ1) is 19.3. The second kappa shape index (κ2) is 8.48. The normalized spacial score (nSPS) is 19.8. The molecule has 0 saturated carbocycles. The second-order valence-corrected chi connectivity index (χ2v) is 7.80. The third-order valence-electron chi connectivity index (χ3n) is 5.11. The molecule has 1 saturated heterocycles. The summed E-state index contributed by atoms with van der Waals surface area (Å²) in [4.78, 5) is 21.0. The van der Waals surface area contributed by atoms with Crippen LogP contribution in [0.25, 0.3) is 0 Å². The number of pyridine rings is 1. The monoisotopic (exact) mass is 370 g/mol. The number of hydrogen-bond donors (Lipinski definition) is 1. The van der Waals surface area contributed by atoms with Crippen LogP contribution in [0.2, 0.25) is 0 Å². The summed E-state index contributed by atoms with van der Waals surface area (Å²) in [6, 6.07) is 9.98. The Morgan fingerprint density at radius 2 is 1.81 bits per heavy atom. The van der Waals surface area contributed by atoms with Crippen molar-refractivity contribution in [2.45, 2.75) is 26.4 Å². The molecule has 5 nitrogen and oxygen atoms in total. The van der Waals surface area contributed by atoms with Gasteiger partial charge >= 0.3 is 6.03 Å². The van der Waals surface area contributed by atoms with Crippen LogP contribution < -0.4 is 5.32 Å². The summed E-state index contributed by atoms with van der Waals surface area (Å²) in [5.74, 6) is -0.276. The van der Waals surface area contributed by atoms with E-state index in [1.54, 1.807) is 29.4 Å². The fraction of sp³-hybridized carbons (Fsp3) is 0.429. The number of carbonyl (C=O) groups is 1. The Bertz CT molecular complexity index is 753. The van der Waals surface area contributed by atoms with E-state index in [9.17, 15) is 9.18 Å². The van der Waals surface area contributed by atoms with Gasteiger partial charge in [0, 0.05) is 38.6 Å². The number of benzene rings is 1. The summed E-state index contributed by atoms with van der Waals surface area (Å²) in [6.07, 6.45) is 4.52. The van der Waals surface area contributed by atoms with Crippen LogP contribution in [0.15, 0.2) is 48.8 Å². The Balaban J connectivity index is 1.68. The SMILES string of the molecule is CN1CC[C@](C)(CNC(=O)N(Cc2ccncc2)Cc2ccc(F)cc2)C1. The number of carbonyl (C=O) groups excluding carboxylic acids is 1. The van der Waals surface area contributed by atoms with E-state index in [1.165, 1.54) is 12.1 Å². The average molecular weight is 370 g/mol. The largest absolute Gasteiger partial charge is 0.337 e. The van der Waals surface area contributed by atoms with Gasteiger partial charge in [0.15, 0.2) is 0 Å². The lowest BCUT2D eigenvalue weighted by molar-refractivity contribution is 0.185. The smallest absolute Gasteiger partial charge is 0.318 e. The molecule has 0 radical (unpaired) electrons. The van der Waals surface area contributed by atoms with E-state index < -0.39 is 0 Å². The molecule has 1 aliphatic heterocycles. The van der Waals surface area contributed by atoms with Gasteiger partial charge in [-0.1, -0.05) is 19.1 Å². The number of likely N-dealkylation sites (tertiary alicyclic amines) is 1. The summed E-state index contributed by atoms with van der Waals surface area (Å²) in [6.45, 7) is 5.79. The topological polar surface area (TPSA) is 48.5 Å². The van der Waals surface area contributed by atoms with Gasteiger partial charge in [-0.25, -0.2) is 9.18 Å². The minimum absolute atomic E-state index is 0.0998. The van der Waals surface area contributed by atoms with E-state index in [-0.39, 0.29) is 17.3 Å². The number of hydrogen-bond acceptors (Lipinski definition) is 3. The number of urea groups is 1. The highest BCUT2D eigenvalue weighted by molar-refractivity contribution is 5.74. The van der Waals surface area contributed by atoms with Crippen LogP contribution in [0.1, 0.15) is 24.5 Å². The molecule has 144 valence electrons. The standard InChI is InChI=1S/C21H27FN4O/c1-21(9-12-25(2)16-21)15-24-20(27)26(14-18-7-10-23-11-8-18)13-17-3-5-19(22)6-4-17/h3-8,10-11H,9,12-16H2,1-2H3,(H,24,27)/t21-/m1/s1. The van der Waals surface area contributed by atoms with Crippen LogP contribution >= 0.6 is 0 Å². The molecular formula is C21H27FN4O. The molecule has 1 atom stereocenters. The van der Waals surface area contributed by atoms with Crippen molar-refractivity contribution in [3.63, 3.8) is 0 Å². The molecule has 2 amide bonds. The van der Waals surface area contributed by atoms with Gasteiger partial charge < -0.3 is 15.1 Å². The van der Waals surface area contributed by atoms with Crippen LogP contribution in [-0.2, 0) is 13.1 Å². The highest BCUT2D eigenvalue weighted by Gasteiger charge is 2.32. The molecule has 1 N–H and O–H groups in total. The predicted octanol–water partition coefficient (Wildman–Crippen LogP) is 3.27. The molecule has 3 rings (SSSR count). The van der Waals surface area contributed by atoms with Crippen molar-refractivity contribution < 1.29 is 9.18 Å². The van der Waals surface area contributed by atoms with Crippen LogP contribution in [0.4, 0.5) is 9.18 Å². The van der Waals surface area contributed by atoms with E-state index in [0.29, 0.717) is 19.6 Å². The maximum atomic E-state index is 13.2. The molecule has 2 heterocycles. The summed E-state index contributed by atoms with van der Waals surface area (Å²) >= 11 is 0. The van der Waals surface area contributed by atoms with Gasteiger partial charge in [0.05, 0.1) is 0 Å². The van der Waals surface area contributed by atoms with E-state index in [4.69, 9.17) is 0 Å². The van der Waals surface area contributed by atoms with Crippen LogP contribution in [0.3, 0.4) is 0 Å². The van der Waals surface area contributed by atoms with Crippen LogP contribution in [-0.4, -0.2) is 47.5 Å². The molecule has 0 spiro atoms. The minimum Gasteiger partial charge on any atom is -0.337 e. The molecule has 1 fully saturated rings. The van der Waals surface area contributed by atoms with Crippen molar-refractivity contribution in [3.05, 3.63) is 65.7 Å². The Hall–Kier alpha value is -2.47. The zero-order valence-corrected chi connectivity index (χ0v) is 16.0. The Morgan fingerprint density at radius 3 is 2.41 bits per heavy atom. The molecule has 6 heteroatoms. The van der Waals surface area contributed by atoms with Gasteiger partial charge in [-0.05, 0) is 60.8 Å². The van der Waals surface area contributed by atoms with Crippen molar-refractivity contribution in [2.24, 2.45) is 5.41 Å². The molecule has 27 heavy (non-hydrogen) atoms. The number of rotatable bonds is 6. The van der Waals surface area contributed by atoms with Crippen molar-refractivity contribution in [2.75, 3.05) is 26.7 Å². The molecule has 0 unspecified atom stereocenters. The molecular weight excluding hydrogens is 343 g/mol. The molecule has 1 aromatic carbocycles. The van der Waals surface area contributed by atoms with Gasteiger partial charge in [0.25, 0.3) is 0 Å². The quantitative estimate of drug-likeness (QED) is 0.849. The van der Waals surface area contributed by atoms with Crippen molar-refractivity contribution in [1.82, 2.24) is 20.1 Å². The Kier molecular flexibility index (Phi) is 6.06. The molecule has 1 aromatic heterocycles. The van der Waals surface area contributed by atoms with E-state index in [1.807, 2.05) is 12.1 Å². The molecule has 0 bridgehead atoms. The fourth-order valence-corrected chi connectivity index (χ4v) is 3.53. The fourth-order valence-electron chi connectivity index (χ4n) is 3.53. The van der Waals surface area contributed by atoms with E-state index >= 15 is 0 Å². The van der Waals surface area contributed by atoms with E-state index in [0.717, 1.165) is 30.6 Å². The van der Waals surface area contributed by atoms with Crippen molar-refractivity contribution in [1.29, 1.82) is 0 Å². The first-order valence-electron chi connectivity index (χ1n) is 9.28. The number of aromatic nitrogens is 1. The highest BCUT2D eigenvalue weighted by atomic mass is 19.1. The first-order valence-corrected chi connectivity index (χ1v) is 9.28. The maximum Gasteiger partial charge on any atom is 0.318 e. The third kappa shape index (κ3) is 5.50. The molecule has 2 aromatic rings. The number of halogens is 1. The number of amides is 2. The molecule has 1 aliphatic rings. The van der Waals surface area contributed by atoms with Gasteiger partial charge in [-0.15, -0.1) is 0 Å². The predicted molar refractivity (Wildman–Crippen MR) is 104 cm³/mol. The Morgan fingerprint density at radius 1 is 1.19 bits per heavy atom. The lowest BCUT2D eigenvalue weighted by atomic mass is 9.90. The highest BCUT2D eigenvalue weighted by Crippen LogP contribution is 2.28. The van der Waals surface area contributed by atoms with E-state index in [2.05, 4.69) is 29.2 Å². The minimum atomic E-state index is -0.276. The lowest BCUT2D eigenvalue weighted by Gasteiger charge is -2.28. The van der Waals surface area contributed by atoms with Gasteiger partial charge in [0.1, 0.15) is 5.82 Å².